The molecule has 0 saturated heterocycles. The lowest BCUT2D eigenvalue weighted by molar-refractivity contribution is 0.0448. The summed E-state index contributed by atoms with van der Waals surface area (Å²) in [6.07, 6.45) is 2.04. The highest BCUT2D eigenvalue weighted by Gasteiger charge is 2.20. The number of carbonyl (C=O) groups excluding carboxylic acids is 1. The Kier molecular flexibility index (Phi) is 5.39. The van der Waals surface area contributed by atoms with E-state index in [2.05, 4.69) is 33.8 Å². The maximum atomic E-state index is 11.7. The SMILES string of the molecule is CC(C)CC(C)(C)CCOC(=O)c1cc[c]cc1. The topological polar surface area (TPSA) is 26.3 Å². The molecule has 0 aliphatic carbocycles. The van der Waals surface area contributed by atoms with Gasteiger partial charge in [0.1, 0.15) is 0 Å². The molecule has 1 radical (unpaired) electrons. The fourth-order valence-electron chi connectivity index (χ4n) is 2.23. The van der Waals surface area contributed by atoms with Crippen LogP contribution in [0.3, 0.4) is 0 Å². The van der Waals surface area contributed by atoms with Crippen molar-refractivity contribution >= 4 is 5.97 Å². The van der Waals surface area contributed by atoms with Crippen molar-refractivity contribution in [3.8, 4) is 0 Å². The van der Waals surface area contributed by atoms with E-state index >= 15 is 0 Å². The van der Waals surface area contributed by atoms with Crippen LogP contribution in [0.25, 0.3) is 0 Å². The molecule has 18 heavy (non-hydrogen) atoms. The van der Waals surface area contributed by atoms with Crippen molar-refractivity contribution in [3.63, 3.8) is 0 Å². The quantitative estimate of drug-likeness (QED) is 0.707. The van der Waals surface area contributed by atoms with Crippen LogP contribution in [0.15, 0.2) is 24.3 Å². The van der Waals surface area contributed by atoms with Crippen LogP contribution >= 0.6 is 0 Å². The largest absolute Gasteiger partial charge is 0.462 e. The van der Waals surface area contributed by atoms with Crippen molar-refractivity contribution in [2.24, 2.45) is 11.3 Å². The summed E-state index contributed by atoms with van der Waals surface area (Å²) in [5.74, 6) is 0.421. The summed E-state index contributed by atoms with van der Waals surface area (Å²) in [4.78, 5) is 11.7. The second kappa shape index (κ2) is 6.58. The highest BCUT2D eigenvalue weighted by Crippen LogP contribution is 2.28. The lowest BCUT2D eigenvalue weighted by Gasteiger charge is -2.26. The molecule has 0 aliphatic rings. The molecule has 0 atom stereocenters. The van der Waals surface area contributed by atoms with Crippen LogP contribution in [0.1, 0.15) is 50.9 Å². The Hall–Kier alpha value is -1.31. The maximum Gasteiger partial charge on any atom is 0.338 e. The molecule has 1 aromatic carbocycles. The summed E-state index contributed by atoms with van der Waals surface area (Å²) in [5, 5.41) is 0. The van der Waals surface area contributed by atoms with Crippen molar-refractivity contribution in [3.05, 3.63) is 35.9 Å². The van der Waals surface area contributed by atoms with Gasteiger partial charge in [0.25, 0.3) is 0 Å². The molecule has 2 nitrogen and oxygen atoms in total. The summed E-state index contributed by atoms with van der Waals surface area (Å²) in [6.45, 7) is 9.36. The van der Waals surface area contributed by atoms with Gasteiger partial charge < -0.3 is 4.74 Å². The lowest BCUT2D eigenvalue weighted by atomic mass is 9.81. The number of carbonyl (C=O) groups is 1. The Bertz CT molecular complexity index is 366. The van der Waals surface area contributed by atoms with Crippen LogP contribution in [0, 0.1) is 17.4 Å². The van der Waals surface area contributed by atoms with Crippen molar-refractivity contribution in [2.45, 2.75) is 40.5 Å². The van der Waals surface area contributed by atoms with E-state index in [4.69, 9.17) is 4.74 Å². The number of hydrogen-bond donors (Lipinski definition) is 0. The average molecular weight is 247 g/mol. The highest BCUT2D eigenvalue weighted by atomic mass is 16.5. The predicted octanol–water partition coefficient (Wildman–Crippen LogP) is 4.11. The van der Waals surface area contributed by atoms with Crippen LogP contribution in [0.2, 0.25) is 0 Å². The third-order valence-electron chi connectivity index (χ3n) is 2.93. The van der Waals surface area contributed by atoms with E-state index in [0.717, 1.165) is 12.8 Å². The normalized spacial score (nSPS) is 11.6. The molecule has 0 N–H and O–H groups in total. The van der Waals surface area contributed by atoms with Crippen LogP contribution in [-0.4, -0.2) is 12.6 Å². The zero-order valence-corrected chi connectivity index (χ0v) is 11.8. The lowest BCUT2D eigenvalue weighted by Crippen LogP contribution is -2.18. The number of benzene rings is 1. The molecule has 0 bridgehead atoms. The molecule has 0 saturated carbocycles. The summed E-state index contributed by atoms with van der Waals surface area (Å²) in [6, 6.07) is 9.77. The summed E-state index contributed by atoms with van der Waals surface area (Å²) in [5.41, 5.74) is 0.814. The van der Waals surface area contributed by atoms with E-state index in [9.17, 15) is 4.79 Å². The van der Waals surface area contributed by atoms with Gasteiger partial charge in [-0.2, -0.15) is 0 Å². The molecule has 0 aromatic heterocycles. The van der Waals surface area contributed by atoms with Crippen LogP contribution in [0.5, 0.6) is 0 Å². The molecular weight excluding hydrogens is 224 g/mol. The van der Waals surface area contributed by atoms with E-state index in [1.165, 1.54) is 0 Å². The van der Waals surface area contributed by atoms with Gasteiger partial charge in [-0.3, -0.25) is 0 Å². The third-order valence-corrected chi connectivity index (χ3v) is 2.93. The first kappa shape index (κ1) is 14.7. The first-order valence-electron chi connectivity index (χ1n) is 6.54. The molecule has 1 aromatic rings. The number of ether oxygens (including phenoxy) is 1. The third kappa shape index (κ3) is 5.35. The Balaban J connectivity index is 2.36. The summed E-state index contributed by atoms with van der Waals surface area (Å²) >= 11 is 0. The highest BCUT2D eigenvalue weighted by molar-refractivity contribution is 5.89. The van der Waals surface area contributed by atoms with Crippen LogP contribution in [0.4, 0.5) is 0 Å². The second-order valence-electron chi connectivity index (χ2n) is 5.94. The van der Waals surface area contributed by atoms with Gasteiger partial charge in [-0.25, -0.2) is 4.79 Å². The number of rotatable bonds is 6. The Morgan fingerprint density at radius 2 is 1.94 bits per heavy atom. The smallest absolute Gasteiger partial charge is 0.338 e. The van der Waals surface area contributed by atoms with Crippen LogP contribution < -0.4 is 0 Å². The molecule has 2 heteroatoms. The van der Waals surface area contributed by atoms with Crippen LogP contribution in [-0.2, 0) is 4.74 Å². The molecule has 0 aliphatic heterocycles. The van der Waals surface area contributed by atoms with Gasteiger partial charge in [0, 0.05) is 0 Å². The van der Waals surface area contributed by atoms with Gasteiger partial charge in [-0.05, 0) is 42.4 Å². The van der Waals surface area contributed by atoms with Crippen molar-refractivity contribution in [1.29, 1.82) is 0 Å². The standard InChI is InChI=1S/C16H23O2/c1-13(2)12-16(3,4)10-11-18-15(17)14-8-6-5-7-9-14/h6-9,13H,10-12H2,1-4H3. The van der Waals surface area contributed by atoms with Gasteiger partial charge in [-0.15, -0.1) is 0 Å². The number of esters is 1. The minimum Gasteiger partial charge on any atom is -0.462 e. The van der Waals surface area contributed by atoms with Crippen molar-refractivity contribution in [2.75, 3.05) is 6.61 Å². The fourth-order valence-corrected chi connectivity index (χ4v) is 2.23. The number of hydrogen-bond acceptors (Lipinski definition) is 2. The monoisotopic (exact) mass is 247 g/mol. The van der Waals surface area contributed by atoms with Crippen molar-refractivity contribution in [1.82, 2.24) is 0 Å². The first-order valence-corrected chi connectivity index (χ1v) is 6.54. The Morgan fingerprint density at radius 3 is 2.50 bits per heavy atom. The average Bonchev–Trinajstić information content (AvgIpc) is 2.28. The van der Waals surface area contributed by atoms with Gasteiger partial charge in [0.15, 0.2) is 0 Å². The molecule has 1 rings (SSSR count). The zero-order chi connectivity index (χ0) is 13.6. The predicted molar refractivity (Wildman–Crippen MR) is 73.4 cm³/mol. The van der Waals surface area contributed by atoms with Crippen molar-refractivity contribution < 1.29 is 9.53 Å². The van der Waals surface area contributed by atoms with Gasteiger partial charge >= 0.3 is 5.97 Å². The molecule has 0 spiro atoms. The molecular formula is C16H23O2. The maximum absolute atomic E-state index is 11.7. The van der Waals surface area contributed by atoms with E-state index in [-0.39, 0.29) is 11.4 Å². The van der Waals surface area contributed by atoms with E-state index in [0.29, 0.717) is 18.1 Å². The molecule has 0 heterocycles. The Morgan fingerprint density at radius 1 is 1.33 bits per heavy atom. The second-order valence-corrected chi connectivity index (χ2v) is 5.94. The van der Waals surface area contributed by atoms with Gasteiger partial charge in [0.2, 0.25) is 0 Å². The van der Waals surface area contributed by atoms with E-state index < -0.39 is 0 Å². The molecule has 99 valence electrons. The van der Waals surface area contributed by atoms with E-state index in [1.807, 2.05) is 0 Å². The first-order chi connectivity index (χ1) is 8.41. The van der Waals surface area contributed by atoms with Gasteiger partial charge in [-0.1, -0.05) is 39.8 Å². The summed E-state index contributed by atoms with van der Waals surface area (Å²) in [7, 11) is 0. The summed E-state index contributed by atoms with van der Waals surface area (Å²) < 4.78 is 5.29. The molecule has 0 unspecified atom stereocenters. The van der Waals surface area contributed by atoms with E-state index in [1.54, 1.807) is 24.3 Å². The minimum atomic E-state index is -0.246. The van der Waals surface area contributed by atoms with Gasteiger partial charge in [0.05, 0.1) is 12.2 Å². The molecule has 0 amide bonds. The minimum absolute atomic E-state index is 0.221. The zero-order valence-electron chi connectivity index (χ0n) is 11.8. The Labute approximate surface area is 110 Å². The fraction of sp³-hybridized carbons (Fsp3) is 0.562. The molecule has 0 fully saturated rings.